The number of rotatable bonds is 9. The quantitative estimate of drug-likeness (QED) is 0.153. The highest BCUT2D eigenvalue weighted by molar-refractivity contribution is 5.82. The number of unbranched alkanes of at least 4 members (excludes halogenated alkanes) is 1. The van der Waals surface area contributed by atoms with Crippen molar-refractivity contribution in [2.75, 3.05) is 44.2 Å². The first-order valence-corrected chi connectivity index (χ1v) is 15.3. The Morgan fingerprint density at radius 2 is 1.31 bits per heavy atom. The topological polar surface area (TPSA) is 44.8 Å². The van der Waals surface area contributed by atoms with Crippen molar-refractivity contribution in [1.29, 1.82) is 0 Å². The lowest BCUT2D eigenvalue weighted by molar-refractivity contribution is -0.124. The van der Waals surface area contributed by atoms with Crippen LogP contribution >= 0.6 is 0 Å². The van der Waals surface area contributed by atoms with Crippen molar-refractivity contribution in [3.05, 3.63) is 114 Å². The van der Waals surface area contributed by atoms with Gasteiger partial charge in [0, 0.05) is 43.0 Å². The van der Waals surface area contributed by atoms with Crippen LogP contribution < -0.4 is 10.2 Å². The number of carbonyl (C=O) groups excluding carboxylic acids is 1. The second-order valence-corrected chi connectivity index (χ2v) is 11.6. The van der Waals surface area contributed by atoms with E-state index in [0.29, 0.717) is 6.42 Å². The molecule has 4 aromatic carbocycles. The van der Waals surface area contributed by atoms with Crippen molar-refractivity contribution in [2.24, 2.45) is 0 Å². The minimum Gasteiger partial charge on any atom is -0.433 e. The summed E-state index contributed by atoms with van der Waals surface area (Å²) >= 11 is 0. The highest BCUT2D eigenvalue weighted by Gasteiger charge is 2.46. The average Bonchev–Trinajstić information content (AvgIpc) is 3.32. The molecule has 5 nitrogen and oxygen atoms in total. The van der Waals surface area contributed by atoms with Crippen LogP contribution in [-0.4, -0.2) is 56.4 Å². The van der Waals surface area contributed by atoms with Crippen molar-refractivity contribution < 1.29 is 27.1 Å². The lowest BCUT2D eigenvalue weighted by Gasteiger charge is -2.36. The lowest BCUT2D eigenvalue weighted by Crippen LogP contribution is -2.46. The second-order valence-electron chi connectivity index (χ2n) is 11.6. The van der Waals surface area contributed by atoms with Crippen LogP contribution in [0, 0.1) is 5.82 Å². The molecule has 1 aliphatic carbocycles. The zero-order valence-corrected chi connectivity index (χ0v) is 24.8. The normalized spacial score (nSPS) is 15.8. The highest BCUT2D eigenvalue weighted by atomic mass is 19.4. The Kier molecular flexibility index (Phi) is 8.81. The van der Waals surface area contributed by atoms with E-state index in [1.54, 1.807) is 12.1 Å². The van der Waals surface area contributed by atoms with Gasteiger partial charge in [0.15, 0.2) is 5.60 Å². The molecule has 1 fully saturated rings. The van der Waals surface area contributed by atoms with Crippen LogP contribution in [0.4, 0.5) is 28.0 Å². The molecule has 0 saturated carbocycles. The molecule has 1 saturated heterocycles. The number of ether oxygens (including phenoxy) is 1. The fraction of sp³-hybridized carbons (Fsp3) is 0.306. The number of alkyl halides is 3. The van der Waals surface area contributed by atoms with Gasteiger partial charge in [0.2, 0.25) is 0 Å². The van der Waals surface area contributed by atoms with Gasteiger partial charge in [-0.2, -0.15) is 13.2 Å². The Morgan fingerprint density at radius 1 is 0.756 bits per heavy atom. The maximum absolute atomic E-state index is 13.3. The van der Waals surface area contributed by atoms with Crippen LogP contribution in [0.3, 0.4) is 0 Å². The number of anilines is 1. The number of hydrogen-bond acceptors (Lipinski definition) is 4. The minimum atomic E-state index is -4.53. The fourth-order valence-corrected chi connectivity index (χ4v) is 6.53. The summed E-state index contributed by atoms with van der Waals surface area (Å²) in [6.45, 7) is 3.03. The molecule has 1 N–H and O–H groups in total. The minimum absolute atomic E-state index is 0.248. The number of nitrogens with zero attached hydrogens (tertiary/aromatic N) is 2. The molecule has 4 aromatic rings. The lowest BCUT2D eigenvalue weighted by atomic mass is 9.86. The van der Waals surface area contributed by atoms with E-state index < -0.39 is 24.4 Å². The van der Waals surface area contributed by atoms with Crippen LogP contribution in [-0.2, 0) is 10.3 Å². The van der Waals surface area contributed by atoms with Crippen LogP contribution in [0.2, 0.25) is 0 Å². The summed E-state index contributed by atoms with van der Waals surface area (Å²) in [5.41, 5.74) is 5.47. The van der Waals surface area contributed by atoms with Crippen molar-refractivity contribution in [3.63, 3.8) is 0 Å². The summed E-state index contributed by atoms with van der Waals surface area (Å²) in [5.74, 6) is -0.248. The zero-order chi connectivity index (χ0) is 31.4. The molecule has 1 amide bonds. The van der Waals surface area contributed by atoms with Gasteiger partial charge < -0.3 is 15.0 Å². The van der Waals surface area contributed by atoms with Gasteiger partial charge >= 0.3 is 12.3 Å². The van der Waals surface area contributed by atoms with Crippen LogP contribution in [0.5, 0.6) is 0 Å². The maximum Gasteiger partial charge on any atom is 0.408 e. The van der Waals surface area contributed by atoms with Crippen molar-refractivity contribution >= 4 is 11.8 Å². The molecular weight excluding hydrogens is 582 g/mol. The molecule has 9 heteroatoms. The summed E-state index contributed by atoms with van der Waals surface area (Å²) in [7, 11) is 0. The van der Waals surface area contributed by atoms with E-state index in [1.165, 1.54) is 12.1 Å². The molecular formula is C36H35F4N3O2. The molecule has 0 unspecified atom stereocenters. The Bertz CT molecular complexity index is 1570. The third-order valence-electron chi connectivity index (χ3n) is 8.75. The predicted octanol–water partition coefficient (Wildman–Crippen LogP) is 8.00. The van der Waals surface area contributed by atoms with Gasteiger partial charge in [0.1, 0.15) is 12.4 Å². The summed E-state index contributed by atoms with van der Waals surface area (Å²) in [5, 5.41) is 1.90. The molecule has 234 valence electrons. The molecule has 0 bridgehead atoms. The number of alkyl carbamates (subject to hydrolysis) is 1. The first-order valence-electron chi connectivity index (χ1n) is 15.3. The van der Waals surface area contributed by atoms with Gasteiger partial charge in [-0.05, 0) is 72.3 Å². The molecule has 0 atom stereocenters. The van der Waals surface area contributed by atoms with E-state index in [-0.39, 0.29) is 5.82 Å². The van der Waals surface area contributed by atoms with E-state index in [4.69, 9.17) is 4.74 Å². The fourth-order valence-electron chi connectivity index (χ4n) is 6.53. The number of amides is 1. The number of carbonyl (C=O) groups is 1. The molecule has 0 aromatic heterocycles. The molecule has 2 aliphatic rings. The van der Waals surface area contributed by atoms with Crippen molar-refractivity contribution in [3.8, 4) is 22.3 Å². The smallest absolute Gasteiger partial charge is 0.408 e. The van der Waals surface area contributed by atoms with E-state index in [2.05, 4.69) is 34.1 Å². The van der Waals surface area contributed by atoms with Crippen molar-refractivity contribution in [2.45, 2.75) is 31.0 Å². The van der Waals surface area contributed by atoms with Crippen LogP contribution in [0.25, 0.3) is 22.3 Å². The van der Waals surface area contributed by atoms with Crippen LogP contribution in [0.1, 0.15) is 30.4 Å². The van der Waals surface area contributed by atoms with Gasteiger partial charge in [0.25, 0.3) is 0 Å². The molecule has 1 aliphatic heterocycles. The highest BCUT2D eigenvalue weighted by Crippen LogP contribution is 2.52. The third-order valence-corrected chi connectivity index (χ3v) is 8.75. The standard InChI is InChI=1S/C36H35F4N3O2/c37-28-15-11-26(12-16-28)27-13-17-29(18-14-27)43-23-21-42(22-24-43)20-6-5-19-35(45-34(44)41-25-36(38,39)40)32-9-3-1-7-30(32)31-8-2-4-10-33(31)35/h1-4,7-18H,5-6,19-25H2,(H,41,44). The van der Waals surface area contributed by atoms with E-state index in [1.807, 2.05) is 53.8 Å². The van der Waals surface area contributed by atoms with Gasteiger partial charge in [-0.25, -0.2) is 9.18 Å². The van der Waals surface area contributed by atoms with Crippen LogP contribution in [0.15, 0.2) is 97.1 Å². The van der Waals surface area contributed by atoms with E-state index in [0.717, 1.165) is 84.6 Å². The van der Waals surface area contributed by atoms with E-state index in [9.17, 15) is 22.4 Å². The Morgan fingerprint density at radius 3 is 1.89 bits per heavy atom. The van der Waals surface area contributed by atoms with Gasteiger partial charge in [-0.3, -0.25) is 4.90 Å². The Labute approximate surface area is 260 Å². The first kappa shape index (κ1) is 30.6. The monoisotopic (exact) mass is 617 g/mol. The molecule has 0 radical (unpaired) electrons. The number of nitrogens with one attached hydrogen (secondary N) is 1. The van der Waals surface area contributed by atoms with E-state index >= 15 is 0 Å². The third kappa shape index (κ3) is 6.83. The Hall–Kier alpha value is -4.37. The summed E-state index contributed by atoms with van der Waals surface area (Å²) in [6.07, 6.45) is -3.58. The largest absolute Gasteiger partial charge is 0.433 e. The molecule has 0 spiro atoms. The SMILES string of the molecule is O=C(NCC(F)(F)F)OC1(CCCCN2CCN(c3ccc(-c4ccc(F)cc4)cc3)CC2)c2ccccc2-c2ccccc21. The molecule has 45 heavy (non-hydrogen) atoms. The zero-order valence-electron chi connectivity index (χ0n) is 24.8. The van der Waals surface area contributed by atoms with Gasteiger partial charge in [-0.15, -0.1) is 0 Å². The number of piperazine rings is 1. The number of halogens is 4. The summed E-state index contributed by atoms with van der Waals surface area (Å²) < 4.78 is 57.8. The van der Waals surface area contributed by atoms with Gasteiger partial charge in [-0.1, -0.05) is 72.8 Å². The predicted molar refractivity (Wildman–Crippen MR) is 168 cm³/mol. The number of benzene rings is 4. The van der Waals surface area contributed by atoms with Gasteiger partial charge in [0.05, 0.1) is 0 Å². The average molecular weight is 618 g/mol. The number of fused-ring (bicyclic) bond motifs is 3. The Balaban J connectivity index is 1.06. The molecule has 6 rings (SSSR count). The summed E-state index contributed by atoms with van der Waals surface area (Å²) in [4.78, 5) is 17.5. The summed E-state index contributed by atoms with van der Waals surface area (Å²) in [6, 6.07) is 30.1. The van der Waals surface area contributed by atoms with Crippen molar-refractivity contribution in [1.82, 2.24) is 10.2 Å². The number of hydrogen-bond donors (Lipinski definition) is 1. The second kappa shape index (κ2) is 12.9. The molecule has 1 heterocycles. The first-order chi connectivity index (χ1) is 21.7. The maximum atomic E-state index is 13.3.